The minimum Gasteiger partial charge on any atom is -0.480 e. The molecule has 2 heterocycles. The van der Waals surface area contributed by atoms with Gasteiger partial charge in [0.2, 0.25) is 11.8 Å². The van der Waals surface area contributed by atoms with E-state index in [4.69, 9.17) is 38.4 Å². The van der Waals surface area contributed by atoms with Gasteiger partial charge in [0.05, 0.1) is 41.3 Å². The molecule has 1 aromatic heterocycles. The number of amides is 2. The Morgan fingerprint density at radius 1 is 1.13 bits per heavy atom. The van der Waals surface area contributed by atoms with Crippen molar-refractivity contribution in [3.63, 3.8) is 0 Å². The maximum Gasteiger partial charge on any atom is 0.410 e. The van der Waals surface area contributed by atoms with Gasteiger partial charge < -0.3 is 25.4 Å². The standard InChI is InChI=1S/C28H31Cl2N5O4/c1-28(2,3)39-27(37)35(14-16-11-12-23(36)33-16)15-22-26(38-4)34-21(13-32-22)19-9-5-7-17(24(19)29)18-8-6-10-20(31)25(18)30/h5-10,13,16H,11-12,14-15,31H2,1-4H3,(H,33,36). The Bertz CT molecular complexity index is 1390. The van der Waals surface area contributed by atoms with Gasteiger partial charge >= 0.3 is 6.09 Å². The molecule has 2 amide bonds. The van der Waals surface area contributed by atoms with Gasteiger partial charge in [-0.1, -0.05) is 53.5 Å². The zero-order valence-electron chi connectivity index (χ0n) is 22.3. The zero-order chi connectivity index (χ0) is 28.3. The Hall–Kier alpha value is -3.56. The van der Waals surface area contributed by atoms with E-state index in [2.05, 4.69) is 15.3 Å². The van der Waals surface area contributed by atoms with Gasteiger partial charge in [0.1, 0.15) is 11.3 Å². The summed E-state index contributed by atoms with van der Waals surface area (Å²) < 4.78 is 11.2. The molecule has 4 rings (SSSR count). The topological polar surface area (TPSA) is 120 Å². The summed E-state index contributed by atoms with van der Waals surface area (Å²) in [6, 6.07) is 10.7. The van der Waals surface area contributed by atoms with Crippen molar-refractivity contribution in [3.05, 3.63) is 58.3 Å². The van der Waals surface area contributed by atoms with Crippen molar-refractivity contribution in [2.24, 2.45) is 0 Å². The average molecular weight is 572 g/mol. The maximum absolute atomic E-state index is 13.1. The van der Waals surface area contributed by atoms with Crippen LogP contribution in [0.5, 0.6) is 5.88 Å². The minimum atomic E-state index is -0.692. The molecule has 1 unspecified atom stereocenters. The van der Waals surface area contributed by atoms with E-state index in [0.717, 1.165) is 0 Å². The van der Waals surface area contributed by atoms with Crippen molar-refractivity contribution in [1.29, 1.82) is 0 Å². The number of nitrogens with two attached hydrogens (primary N) is 1. The SMILES string of the molecule is COc1nc(-c2cccc(-c3cccc(N)c3Cl)c2Cl)cnc1CN(CC1CCC(=O)N1)C(=O)OC(C)(C)C. The quantitative estimate of drug-likeness (QED) is 0.348. The third-order valence-corrected chi connectivity index (χ3v) is 6.95. The highest BCUT2D eigenvalue weighted by atomic mass is 35.5. The average Bonchev–Trinajstić information content (AvgIpc) is 3.29. The van der Waals surface area contributed by atoms with E-state index < -0.39 is 11.7 Å². The lowest BCUT2D eigenvalue weighted by molar-refractivity contribution is -0.119. The predicted octanol–water partition coefficient (Wildman–Crippen LogP) is 5.72. The van der Waals surface area contributed by atoms with E-state index in [-0.39, 0.29) is 30.9 Å². The molecule has 3 aromatic rings. The molecule has 1 saturated heterocycles. The number of hydrogen-bond donors (Lipinski definition) is 2. The summed E-state index contributed by atoms with van der Waals surface area (Å²) in [7, 11) is 1.48. The van der Waals surface area contributed by atoms with E-state index in [1.165, 1.54) is 12.0 Å². The summed E-state index contributed by atoms with van der Waals surface area (Å²) in [5.41, 5.74) is 8.69. The van der Waals surface area contributed by atoms with E-state index >= 15 is 0 Å². The molecule has 0 aliphatic carbocycles. The summed E-state index contributed by atoms with van der Waals surface area (Å²) in [6.07, 6.45) is 2.11. The normalized spacial score (nSPS) is 15.1. The second kappa shape index (κ2) is 11.7. The van der Waals surface area contributed by atoms with Gasteiger partial charge in [0.15, 0.2) is 0 Å². The number of nitrogen functional groups attached to an aromatic ring is 1. The summed E-state index contributed by atoms with van der Waals surface area (Å²) in [4.78, 5) is 35.5. The fourth-order valence-corrected chi connectivity index (χ4v) is 4.84. The van der Waals surface area contributed by atoms with Crippen LogP contribution in [0.1, 0.15) is 39.3 Å². The molecule has 1 atom stereocenters. The Morgan fingerprint density at radius 2 is 1.79 bits per heavy atom. The van der Waals surface area contributed by atoms with Gasteiger partial charge in [0, 0.05) is 35.7 Å². The molecule has 1 aliphatic heterocycles. The third kappa shape index (κ3) is 6.72. The Morgan fingerprint density at radius 3 is 2.44 bits per heavy atom. The number of aromatic nitrogens is 2. The molecule has 0 bridgehead atoms. The number of halogens is 2. The number of hydrogen-bond acceptors (Lipinski definition) is 7. The van der Waals surface area contributed by atoms with Crippen molar-refractivity contribution in [3.8, 4) is 28.3 Å². The van der Waals surface area contributed by atoms with Crippen LogP contribution in [-0.2, 0) is 16.1 Å². The molecule has 0 radical (unpaired) electrons. The number of carbonyl (C=O) groups excluding carboxylic acids is 2. The molecule has 0 saturated carbocycles. The minimum absolute atomic E-state index is 0.0375. The van der Waals surface area contributed by atoms with E-state index in [1.807, 2.05) is 30.3 Å². The summed E-state index contributed by atoms with van der Waals surface area (Å²) in [5, 5.41) is 3.74. The Kier molecular flexibility index (Phi) is 8.51. The van der Waals surface area contributed by atoms with E-state index in [9.17, 15) is 9.59 Å². The molecule has 39 heavy (non-hydrogen) atoms. The van der Waals surface area contributed by atoms with Gasteiger partial charge in [-0.25, -0.2) is 9.78 Å². The van der Waals surface area contributed by atoms with Crippen molar-refractivity contribution in [2.75, 3.05) is 19.4 Å². The van der Waals surface area contributed by atoms with Crippen LogP contribution in [0.25, 0.3) is 22.4 Å². The number of methoxy groups -OCH3 is 1. The van der Waals surface area contributed by atoms with Gasteiger partial charge in [-0.2, -0.15) is 0 Å². The van der Waals surface area contributed by atoms with Crippen molar-refractivity contribution >= 4 is 40.9 Å². The predicted molar refractivity (Wildman–Crippen MR) is 152 cm³/mol. The Labute approximate surface area is 237 Å². The highest BCUT2D eigenvalue weighted by Gasteiger charge is 2.29. The zero-order valence-corrected chi connectivity index (χ0v) is 23.8. The molecule has 11 heteroatoms. The largest absolute Gasteiger partial charge is 0.480 e. The molecule has 1 aliphatic rings. The van der Waals surface area contributed by atoms with Gasteiger partial charge in [-0.15, -0.1) is 0 Å². The van der Waals surface area contributed by atoms with Gasteiger partial charge in [0.25, 0.3) is 0 Å². The summed E-state index contributed by atoms with van der Waals surface area (Å²) in [6.45, 7) is 5.73. The first kappa shape index (κ1) is 28.4. The van der Waals surface area contributed by atoms with Gasteiger partial charge in [-0.3, -0.25) is 9.78 Å². The van der Waals surface area contributed by atoms with Crippen molar-refractivity contribution in [1.82, 2.24) is 20.2 Å². The number of ether oxygens (including phenoxy) is 2. The van der Waals surface area contributed by atoms with Crippen LogP contribution in [0, 0.1) is 0 Å². The molecular weight excluding hydrogens is 541 g/mol. The number of nitrogens with zero attached hydrogens (tertiary/aromatic N) is 3. The number of benzene rings is 2. The lowest BCUT2D eigenvalue weighted by Gasteiger charge is -2.29. The fourth-order valence-electron chi connectivity index (χ4n) is 4.29. The van der Waals surface area contributed by atoms with Crippen LogP contribution in [0.4, 0.5) is 10.5 Å². The molecule has 2 aromatic carbocycles. The molecular formula is C28H31Cl2N5O4. The first-order valence-corrected chi connectivity index (χ1v) is 13.2. The first-order chi connectivity index (χ1) is 18.5. The highest BCUT2D eigenvalue weighted by molar-refractivity contribution is 6.39. The van der Waals surface area contributed by atoms with Crippen LogP contribution >= 0.6 is 23.2 Å². The number of carbonyl (C=O) groups is 2. The lowest BCUT2D eigenvalue weighted by atomic mass is 10.0. The number of nitrogens with one attached hydrogen (secondary N) is 1. The smallest absolute Gasteiger partial charge is 0.410 e. The van der Waals surface area contributed by atoms with Crippen molar-refractivity contribution < 1.29 is 19.1 Å². The fraction of sp³-hybridized carbons (Fsp3) is 0.357. The monoisotopic (exact) mass is 571 g/mol. The number of anilines is 1. The van der Waals surface area contributed by atoms with Crippen LogP contribution in [0.2, 0.25) is 10.0 Å². The second-order valence-electron chi connectivity index (χ2n) is 10.3. The van der Waals surface area contributed by atoms with Crippen LogP contribution in [0.3, 0.4) is 0 Å². The molecule has 1 fully saturated rings. The van der Waals surface area contributed by atoms with E-state index in [0.29, 0.717) is 56.7 Å². The lowest BCUT2D eigenvalue weighted by Crippen LogP contribution is -2.44. The number of rotatable bonds is 7. The first-order valence-electron chi connectivity index (χ1n) is 12.5. The van der Waals surface area contributed by atoms with Crippen molar-refractivity contribution in [2.45, 2.75) is 51.8 Å². The second-order valence-corrected chi connectivity index (χ2v) is 11.0. The summed E-state index contributed by atoms with van der Waals surface area (Å²) in [5.74, 6) is 0.199. The van der Waals surface area contributed by atoms with Crippen LogP contribution < -0.4 is 15.8 Å². The van der Waals surface area contributed by atoms with Gasteiger partial charge in [-0.05, 0) is 33.3 Å². The molecule has 206 valence electrons. The summed E-state index contributed by atoms with van der Waals surface area (Å²) >= 11 is 13.3. The van der Waals surface area contributed by atoms with E-state index in [1.54, 1.807) is 33.0 Å². The van der Waals surface area contributed by atoms with Crippen LogP contribution in [-0.4, -0.2) is 52.2 Å². The highest BCUT2D eigenvalue weighted by Crippen LogP contribution is 2.40. The maximum atomic E-state index is 13.1. The molecule has 9 nitrogen and oxygen atoms in total. The Balaban J connectivity index is 1.65. The third-order valence-electron chi connectivity index (χ3n) is 6.12. The molecule has 0 spiro atoms. The molecule has 3 N–H and O–H groups in total. The van der Waals surface area contributed by atoms with Crippen LogP contribution in [0.15, 0.2) is 42.6 Å².